The number of ether oxygens (including phenoxy) is 1. The number of benzene rings is 1. The van der Waals surface area contributed by atoms with E-state index >= 15 is 0 Å². The normalized spacial score (nSPS) is 21.0. The third-order valence-electron chi connectivity index (χ3n) is 5.18. The maximum absolute atomic E-state index is 12.4. The van der Waals surface area contributed by atoms with Gasteiger partial charge in [-0.15, -0.1) is 0 Å². The summed E-state index contributed by atoms with van der Waals surface area (Å²) in [5.74, 6) is -1.52. The SMILES string of the molecule is C[C@@H](OC(=O)[C@H]1CC(=O)N(C2CCCC2)C1)C(=O)Nc1cccc(C#N)c1. The van der Waals surface area contributed by atoms with Crippen molar-refractivity contribution < 1.29 is 19.1 Å². The number of carbonyl (C=O) groups excluding carboxylic acids is 3. The molecule has 2 aliphatic rings. The van der Waals surface area contributed by atoms with Crippen molar-refractivity contribution in [2.24, 2.45) is 5.92 Å². The zero-order valence-electron chi connectivity index (χ0n) is 15.3. The smallest absolute Gasteiger partial charge is 0.312 e. The molecule has 1 heterocycles. The van der Waals surface area contributed by atoms with Crippen LogP contribution in [0.25, 0.3) is 0 Å². The second-order valence-electron chi connectivity index (χ2n) is 7.15. The highest BCUT2D eigenvalue weighted by molar-refractivity contribution is 5.96. The third-order valence-corrected chi connectivity index (χ3v) is 5.18. The number of amides is 2. The molecule has 27 heavy (non-hydrogen) atoms. The van der Waals surface area contributed by atoms with Gasteiger partial charge in [-0.1, -0.05) is 18.9 Å². The standard InChI is InChI=1S/C20H23N3O4/c1-13(19(25)22-16-6-4-5-14(9-16)11-21)27-20(26)15-10-18(24)23(12-15)17-7-2-3-8-17/h4-6,9,13,15,17H,2-3,7-8,10,12H2,1H3,(H,22,25)/t13-,15+/m1/s1. The Morgan fingerprint density at radius 2 is 2.07 bits per heavy atom. The van der Waals surface area contributed by atoms with Crippen molar-refractivity contribution in [3.8, 4) is 6.07 Å². The largest absolute Gasteiger partial charge is 0.452 e. The molecule has 1 saturated heterocycles. The minimum absolute atomic E-state index is 0.00530. The van der Waals surface area contributed by atoms with Crippen LogP contribution in [0.2, 0.25) is 0 Å². The van der Waals surface area contributed by atoms with Gasteiger partial charge in [-0.3, -0.25) is 14.4 Å². The van der Waals surface area contributed by atoms with Gasteiger partial charge >= 0.3 is 5.97 Å². The first kappa shape index (κ1) is 18.9. The number of anilines is 1. The van der Waals surface area contributed by atoms with E-state index in [-0.39, 0.29) is 18.4 Å². The molecule has 0 bridgehead atoms. The summed E-state index contributed by atoms with van der Waals surface area (Å²) in [6.45, 7) is 1.87. The minimum atomic E-state index is -0.987. The van der Waals surface area contributed by atoms with Gasteiger partial charge < -0.3 is 15.0 Å². The maximum Gasteiger partial charge on any atom is 0.312 e. The molecule has 0 spiro atoms. The molecule has 1 aromatic rings. The molecule has 7 nitrogen and oxygen atoms in total. The van der Waals surface area contributed by atoms with Crippen LogP contribution in [0, 0.1) is 17.2 Å². The topological polar surface area (TPSA) is 99.5 Å². The lowest BCUT2D eigenvalue weighted by Crippen LogP contribution is -2.36. The van der Waals surface area contributed by atoms with Gasteiger partial charge in [0.2, 0.25) is 5.91 Å². The lowest BCUT2D eigenvalue weighted by atomic mass is 10.1. The highest BCUT2D eigenvalue weighted by atomic mass is 16.5. The molecule has 1 aliphatic heterocycles. The molecule has 0 radical (unpaired) electrons. The average Bonchev–Trinajstić information content (AvgIpc) is 3.31. The van der Waals surface area contributed by atoms with Crippen LogP contribution in [0.3, 0.4) is 0 Å². The predicted molar refractivity (Wildman–Crippen MR) is 97.4 cm³/mol. The van der Waals surface area contributed by atoms with Crippen LogP contribution in [0.1, 0.15) is 44.6 Å². The number of likely N-dealkylation sites (tertiary alicyclic amines) is 1. The first-order chi connectivity index (χ1) is 13.0. The number of hydrogen-bond acceptors (Lipinski definition) is 5. The van der Waals surface area contributed by atoms with Crippen LogP contribution >= 0.6 is 0 Å². The quantitative estimate of drug-likeness (QED) is 0.802. The molecule has 2 fully saturated rings. The van der Waals surface area contributed by atoms with Crippen molar-refractivity contribution in [2.45, 2.75) is 51.2 Å². The van der Waals surface area contributed by atoms with Crippen molar-refractivity contribution in [1.82, 2.24) is 4.90 Å². The van der Waals surface area contributed by atoms with Crippen LogP contribution < -0.4 is 5.32 Å². The molecule has 142 valence electrons. The molecule has 0 aromatic heterocycles. The van der Waals surface area contributed by atoms with Crippen LogP contribution in [0.5, 0.6) is 0 Å². The summed E-state index contributed by atoms with van der Waals surface area (Å²) in [7, 11) is 0. The van der Waals surface area contributed by atoms with Gasteiger partial charge in [-0.25, -0.2) is 0 Å². The van der Waals surface area contributed by atoms with Crippen molar-refractivity contribution in [1.29, 1.82) is 5.26 Å². The lowest BCUT2D eigenvalue weighted by molar-refractivity contribution is -0.157. The molecular weight excluding hydrogens is 346 g/mol. The van der Waals surface area contributed by atoms with Crippen LogP contribution in [0.4, 0.5) is 5.69 Å². The minimum Gasteiger partial charge on any atom is -0.452 e. The van der Waals surface area contributed by atoms with Gasteiger partial charge in [-0.05, 0) is 38.0 Å². The third kappa shape index (κ3) is 4.45. The molecule has 3 rings (SSSR count). The second kappa shape index (κ2) is 8.21. The average molecular weight is 369 g/mol. The number of carbonyl (C=O) groups is 3. The number of nitrogens with zero attached hydrogens (tertiary/aromatic N) is 2. The summed E-state index contributed by atoms with van der Waals surface area (Å²) in [4.78, 5) is 38.7. The second-order valence-corrected chi connectivity index (χ2v) is 7.15. The fraction of sp³-hybridized carbons (Fsp3) is 0.500. The fourth-order valence-electron chi connectivity index (χ4n) is 3.69. The van der Waals surface area contributed by atoms with Gasteiger partial charge in [0.25, 0.3) is 5.91 Å². The number of nitrogens with one attached hydrogen (secondary N) is 1. The van der Waals surface area contributed by atoms with Crippen molar-refractivity contribution in [3.63, 3.8) is 0 Å². The van der Waals surface area contributed by atoms with Gasteiger partial charge in [0, 0.05) is 24.7 Å². The van der Waals surface area contributed by atoms with E-state index < -0.39 is 23.9 Å². The van der Waals surface area contributed by atoms with E-state index in [1.165, 1.54) is 6.92 Å². The number of hydrogen-bond donors (Lipinski definition) is 1. The van der Waals surface area contributed by atoms with E-state index in [4.69, 9.17) is 10.00 Å². The van der Waals surface area contributed by atoms with Gasteiger partial charge in [0.15, 0.2) is 6.10 Å². The van der Waals surface area contributed by atoms with E-state index in [0.717, 1.165) is 25.7 Å². The van der Waals surface area contributed by atoms with E-state index in [1.807, 2.05) is 6.07 Å². The molecule has 2 atom stereocenters. The van der Waals surface area contributed by atoms with Crippen LogP contribution in [-0.2, 0) is 19.1 Å². The predicted octanol–water partition coefficient (Wildman–Crippen LogP) is 2.22. The number of esters is 1. The monoisotopic (exact) mass is 369 g/mol. The first-order valence-electron chi connectivity index (χ1n) is 9.29. The Morgan fingerprint density at radius 3 is 2.78 bits per heavy atom. The molecule has 7 heteroatoms. The zero-order chi connectivity index (χ0) is 19.4. The molecule has 1 saturated carbocycles. The summed E-state index contributed by atoms with van der Waals surface area (Å²) >= 11 is 0. The molecule has 2 amide bonds. The summed E-state index contributed by atoms with van der Waals surface area (Å²) in [6.07, 6.45) is 3.39. The van der Waals surface area contributed by atoms with E-state index in [2.05, 4.69) is 5.32 Å². The van der Waals surface area contributed by atoms with Crippen molar-refractivity contribution in [2.75, 3.05) is 11.9 Å². The maximum atomic E-state index is 12.4. The van der Waals surface area contributed by atoms with Crippen LogP contribution in [-0.4, -0.2) is 41.4 Å². The van der Waals surface area contributed by atoms with Crippen molar-refractivity contribution >= 4 is 23.5 Å². The molecule has 0 unspecified atom stereocenters. The lowest BCUT2D eigenvalue weighted by Gasteiger charge is -2.24. The Kier molecular flexibility index (Phi) is 5.75. The van der Waals surface area contributed by atoms with E-state index in [0.29, 0.717) is 17.8 Å². The number of nitriles is 1. The fourth-order valence-corrected chi connectivity index (χ4v) is 3.69. The zero-order valence-corrected chi connectivity index (χ0v) is 15.3. The number of rotatable bonds is 5. The van der Waals surface area contributed by atoms with E-state index in [1.54, 1.807) is 29.2 Å². The summed E-state index contributed by atoms with van der Waals surface area (Å²) in [5.41, 5.74) is 0.888. The molecule has 1 aromatic carbocycles. The highest BCUT2D eigenvalue weighted by Gasteiger charge is 2.40. The highest BCUT2D eigenvalue weighted by Crippen LogP contribution is 2.30. The summed E-state index contributed by atoms with van der Waals surface area (Å²) < 4.78 is 5.29. The molecule has 1 N–H and O–H groups in total. The van der Waals surface area contributed by atoms with Gasteiger partial charge in [-0.2, -0.15) is 5.26 Å². The Balaban J connectivity index is 1.53. The van der Waals surface area contributed by atoms with Crippen molar-refractivity contribution in [3.05, 3.63) is 29.8 Å². The first-order valence-corrected chi connectivity index (χ1v) is 9.29. The van der Waals surface area contributed by atoms with Gasteiger partial charge in [0.1, 0.15) is 0 Å². The Hall–Kier alpha value is -2.88. The molecular formula is C20H23N3O4. The summed E-state index contributed by atoms with van der Waals surface area (Å²) in [6, 6.07) is 8.73. The van der Waals surface area contributed by atoms with Crippen LogP contribution in [0.15, 0.2) is 24.3 Å². The Bertz CT molecular complexity index is 780. The Morgan fingerprint density at radius 1 is 1.33 bits per heavy atom. The summed E-state index contributed by atoms with van der Waals surface area (Å²) in [5, 5.41) is 11.5. The Labute approximate surface area is 158 Å². The van der Waals surface area contributed by atoms with E-state index in [9.17, 15) is 14.4 Å². The van der Waals surface area contributed by atoms with Gasteiger partial charge in [0.05, 0.1) is 17.6 Å². The molecule has 1 aliphatic carbocycles.